The summed E-state index contributed by atoms with van der Waals surface area (Å²) in [5.74, 6) is -2.05. The molecule has 26 heavy (non-hydrogen) atoms. The number of H-pyrrole nitrogens is 1. The van der Waals surface area contributed by atoms with E-state index in [1.54, 1.807) is 0 Å². The summed E-state index contributed by atoms with van der Waals surface area (Å²) < 4.78 is 67.7. The van der Waals surface area contributed by atoms with E-state index in [1.807, 2.05) is 0 Å². The Labute approximate surface area is 147 Å². The summed E-state index contributed by atoms with van der Waals surface area (Å²) in [5, 5.41) is 0. The van der Waals surface area contributed by atoms with Crippen LogP contribution in [0, 0.1) is 11.6 Å². The molecule has 0 amide bonds. The summed E-state index contributed by atoms with van der Waals surface area (Å²) in [4.78, 5) is 16.2. The second kappa shape index (κ2) is 6.87. The first-order chi connectivity index (χ1) is 12.2. The lowest BCUT2D eigenvalue weighted by molar-refractivity contribution is -0.137. The molecule has 0 unspecified atom stereocenters. The van der Waals surface area contributed by atoms with Crippen LogP contribution in [0.3, 0.4) is 0 Å². The third-order valence-electron chi connectivity index (χ3n) is 3.45. The minimum atomic E-state index is -4.45. The average molecular weight is 387 g/mol. The highest BCUT2D eigenvalue weighted by Gasteiger charge is 2.29. The van der Waals surface area contributed by atoms with Crippen molar-refractivity contribution in [2.75, 3.05) is 0 Å². The summed E-state index contributed by atoms with van der Waals surface area (Å²) in [6.45, 7) is -0.0739. The Balaban J connectivity index is 1.95. The molecule has 0 spiro atoms. The van der Waals surface area contributed by atoms with Gasteiger partial charge in [-0.1, -0.05) is 6.07 Å². The Morgan fingerprint density at radius 3 is 2.35 bits per heavy atom. The van der Waals surface area contributed by atoms with E-state index in [-0.39, 0.29) is 17.0 Å². The molecule has 2 aromatic carbocycles. The van der Waals surface area contributed by atoms with Crippen molar-refractivity contribution in [1.82, 2.24) is 8.94 Å². The zero-order valence-corrected chi connectivity index (χ0v) is 13.7. The van der Waals surface area contributed by atoms with Gasteiger partial charge in [-0.15, -0.1) is 0 Å². The maximum atomic E-state index is 13.3. The van der Waals surface area contributed by atoms with E-state index in [4.69, 9.17) is 0 Å². The fourth-order valence-electron chi connectivity index (χ4n) is 2.16. The molecule has 0 aliphatic rings. The van der Waals surface area contributed by atoms with Gasteiger partial charge in [0.1, 0.15) is 0 Å². The summed E-state index contributed by atoms with van der Waals surface area (Å²) in [6.07, 6.45) is -4.45. The van der Waals surface area contributed by atoms with Gasteiger partial charge in [0.05, 0.1) is 17.8 Å². The molecule has 1 aromatic heterocycles. The fraction of sp³-hybridized carbons (Fsp3) is 0.125. The normalized spacial score (nSPS) is 12.6. The number of rotatable bonds is 3. The fourth-order valence-corrected chi connectivity index (χ4v) is 2.86. The van der Waals surface area contributed by atoms with E-state index in [9.17, 15) is 26.7 Å². The molecule has 1 N–H and O–H groups in total. The van der Waals surface area contributed by atoms with Gasteiger partial charge >= 0.3 is 11.9 Å². The number of benzene rings is 2. The van der Waals surface area contributed by atoms with E-state index in [0.717, 1.165) is 35.8 Å². The topological polar surface area (TPSA) is 50.1 Å². The summed E-state index contributed by atoms with van der Waals surface area (Å²) in [7, 11) is 0. The summed E-state index contributed by atoms with van der Waals surface area (Å²) >= 11 is 0.876. The van der Waals surface area contributed by atoms with Gasteiger partial charge in [0.2, 0.25) is 4.80 Å². The Morgan fingerprint density at radius 1 is 1.04 bits per heavy atom. The zero-order chi connectivity index (χ0) is 18.9. The van der Waals surface area contributed by atoms with Gasteiger partial charge in [-0.3, -0.25) is 8.94 Å². The smallest absolute Gasteiger partial charge is 0.263 e. The molecule has 0 bridgehead atoms. The largest absolute Gasteiger partial charge is 0.416 e. The predicted molar refractivity (Wildman–Crippen MR) is 85.1 cm³/mol. The molecule has 3 aromatic rings. The van der Waals surface area contributed by atoms with E-state index in [0.29, 0.717) is 5.56 Å². The third-order valence-corrected chi connectivity index (χ3v) is 4.22. The van der Waals surface area contributed by atoms with E-state index in [2.05, 4.69) is 9.37 Å². The maximum absolute atomic E-state index is 13.3. The molecule has 0 atom stereocenters. The van der Waals surface area contributed by atoms with Crippen LogP contribution in [0.25, 0.3) is 0 Å². The van der Waals surface area contributed by atoms with E-state index in [1.165, 1.54) is 22.8 Å². The minimum absolute atomic E-state index is 0.0739. The molecular formula is C16H10F5N3OS. The highest BCUT2D eigenvalue weighted by atomic mass is 32.1. The molecule has 0 aliphatic carbocycles. The van der Waals surface area contributed by atoms with Crippen LogP contribution in [0.1, 0.15) is 11.1 Å². The van der Waals surface area contributed by atoms with E-state index < -0.39 is 29.1 Å². The number of hydrogen-bond donors (Lipinski definition) is 1. The van der Waals surface area contributed by atoms with Gasteiger partial charge in [-0.25, -0.2) is 18.6 Å². The first kappa shape index (κ1) is 18.1. The molecular weight excluding hydrogens is 377 g/mol. The van der Waals surface area contributed by atoms with Gasteiger partial charge in [-0.05, 0) is 53.5 Å². The quantitative estimate of drug-likeness (QED) is 0.683. The van der Waals surface area contributed by atoms with Gasteiger partial charge < -0.3 is 0 Å². The number of halogens is 5. The number of nitrogens with one attached hydrogen (secondary N) is 1. The molecule has 1 heterocycles. The lowest BCUT2D eigenvalue weighted by Gasteiger charge is -2.06. The average Bonchev–Trinajstić information content (AvgIpc) is 2.91. The van der Waals surface area contributed by atoms with Crippen molar-refractivity contribution in [3.8, 4) is 0 Å². The molecule has 136 valence electrons. The molecule has 0 fully saturated rings. The van der Waals surface area contributed by atoms with Crippen molar-refractivity contribution in [3.05, 3.63) is 80.5 Å². The van der Waals surface area contributed by atoms with Crippen LogP contribution in [0.15, 0.2) is 52.3 Å². The number of aromatic amines is 1. The highest BCUT2D eigenvalue weighted by molar-refractivity contribution is 7.02. The molecule has 0 aliphatic heterocycles. The standard InChI is InChI=1S/C16H10F5N3OS/c17-12-6-1-9(7-13(12)18)8-24-14(25)23-26-15(24)22-11-4-2-10(3-5-11)16(19,20)21/h1-7H,8H2,(H,23,25)/b22-15+. The Bertz CT molecular complexity index is 1050. The zero-order valence-electron chi connectivity index (χ0n) is 12.8. The van der Waals surface area contributed by atoms with Crippen molar-refractivity contribution in [3.63, 3.8) is 0 Å². The van der Waals surface area contributed by atoms with Crippen molar-refractivity contribution in [2.24, 2.45) is 4.99 Å². The van der Waals surface area contributed by atoms with Gasteiger partial charge in [0.15, 0.2) is 11.6 Å². The van der Waals surface area contributed by atoms with Crippen molar-refractivity contribution >= 4 is 17.2 Å². The van der Waals surface area contributed by atoms with E-state index >= 15 is 0 Å². The lowest BCUT2D eigenvalue weighted by Crippen LogP contribution is -2.27. The van der Waals surface area contributed by atoms with Crippen LogP contribution in [0.5, 0.6) is 0 Å². The van der Waals surface area contributed by atoms with Crippen molar-refractivity contribution in [1.29, 1.82) is 0 Å². The van der Waals surface area contributed by atoms with Crippen LogP contribution in [0.4, 0.5) is 27.6 Å². The predicted octanol–water partition coefficient (Wildman–Crippen LogP) is 3.82. The van der Waals surface area contributed by atoms with Crippen LogP contribution >= 0.6 is 11.5 Å². The summed E-state index contributed by atoms with van der Waals surface area (Å²) in [6, 6.07) is 7.34. The number of nitrogens with zero attached hydrogens (tertiary/aromatic N) is 2. The Morgan fingerprint density at radius 2 is 1.73 bits per heavy atom. The Kier molecular flexibility index (Phi) is 4.77. The number of hydrogen-bond acceptors (Lipinski definition) is 3. The lowest BCUT2D eigenvalue weighted by atomic mass is 10.2. The molecule has 0 saturated heterocycles. The van der Waals surface area contributed by atoms with Gasteiger partial charge in [-0.2, -0.15) is 13.2 Å². The Hall–Kier alpha value is -2.75. The molecule has 3 rings (SSSR count). The van der Waals surface area contributed by atoms with Crippen LogP contribution < -0.4 is 10.5 Å². The first-order valence-corrected chi connectivity index (χ1v) is 8.00. The van der Waals surface area contributed by atoms with Crippen LogP contribution in [-0.4, -0.2) is 8.94 Å². The highest BCUT2D eigenvalue weighted by Crippen LogP contribution is 2.30. The number of aromatic nitrogens is 2. The van der Waals surface area contributed by atoms with Gasteiger partial charge in [0, 0.05) is 0 Å². The minimum Gasteiger partial charge on any atom is -0.263 e. The third kappa shape index (κ3) is 3.90. The molecule has 0 saturated carbocycles. The van der Waals surface area contributed by atoms with Crippen LogP contribution in [0.2, 0.25) is 0 Å². The second-order valence-electron chi connectivity index (χ2n) is 5.28. The van der Waals surface area contributed by atoms with Crippen molar-refractivity contribution < 1.29 is 22.0 Å². The van der Waals surface area contributed by atoms with Gasteiger partial charge in [0.25, 0.3) is 0 Å². The molecule has 0 radical (unpaired) electrons. The molecule has 4 nitrogen and oxygen atoms in total. The van der Waals surface area contributed by atoms with Crippen molar-refractivity contribution in [2.45, 2.75) is 12.7 Å². The second-order valence-corrected chi connectivity index (χ2v) is 6.06. The summed E-state index contributed by atoms with van der Waals surface area (Å²) in [5.41, 5.74) is -0.785. The number of alkyl halides is 3. The first-order valence-electron chi connectivity index (χ1n) is 7.18. The molecule has 10 heteroatoms. The SMILES string of the molecule is O=c1[nH]s/c(=N/c2ccc(C(F)(F)F)cc2)n1Cc1ccc(F)c(F)c1. The monoisotopic (exact) mass is 387 g/mol. The van der Waals surface area contributed by atoms with Crippen LogP contribution in [-0.2, 0) is 12.7 Å². The maximum Gasteiger partial charge on any atom is 0.416 e.